The molecule has 0 aliphatic heterocycles. The summed E-state index contributed by atoms with van der Waals surface area (Å²) in [6, 6.07) is 35.8. The van der Waals surface area contributed by atoms with Crippen molar-refractivity contribution in [2.24, 2.45) is 10.7 Å². The Hall–Kier alpha value is -5.44. The van der Waals surface area contributed by atoms with Gasteiger partial charge >= 0.3 is 0 Å². The summed E-state index contributed by atoms with van der Waals surface area (Å²) in [6.45, 7) is 0. The van der Waals surface area contributed by atoms with Gasteiger partial charge in [0.25, 0.3) is 0 Å². The van der Waals surface area contributed by atoms with Crippen LogP contribution in [0.1, 0.15) is 0 Å². The molecule has 0 amide bonds. The van der Waals surface area contributed by atoms with E-state index >= 15 is 0 Å². The van der Waals surface area contributed by atoms with Crippen LogP contribution in [0.3, 0.4) is 0 Å². The molecule has 0 saturated heterocycles. The third kappa shape index (κ3) is 10.4. The second kappa shape index (κ2) is 19.6. The molecule has 6 aromatic heterocycles. The van der Waals surface area contributed by atoms with Gasteiger partial charge in [-0.25, -0.2) is 0 Å². The van der Waals surface area contributed by atoms with E-state index in [4.69, 9.17) is 20.2 Å². The zero-order chi connectivity index (χ0) is 31.2. The van der Waals surface area contributed by atoms with Crippen molar-refractivity contribution in [2.75, 3.05) is 0 Å². The number of nitrogens with zero attached hydrogens (tertiary/aromatic N) is 8. The summed E-state index contributed by atoms with van der Waals surface area (Å²) in [5.41, 5.74) is 6.14. The summed E-state index contributed by atoms with van der Waals surface area (Å²) in [5, 5.41) is 15.8. The zero-order valence-electron chi connectivity index (χ0n) is 23.0. The van der Waals surface area contributed by atoms with Gasteiger partial charge in [0.1, 0.15) is 0 Å². The fourth-order valence-corrected chi connectivity index (χ4v) is 7.53. The molecule has 0 spiro atoms. The first-order valence-electron chi connectivity index (χ1n) is 12.7. The predicted octanol–water partition coefficient (Wildman–Crippen LogP) is 3.54. The molecule has 2 N–H and O–H groups in total. The number of pyridine rings is 6. The van der Waals surface area contributed by atoms with Crippen LogP contribution in [-0.2, 0) is 0 Å². The molecule has 0 unspecified atom stereocenters. The van der Waals surface area contributed by atoms with E-state index in [-0.39, 0.29) is 0 Å². The average molecular weight is 625 g/mol. The minimum absolute atomic E-state index is 0.779. The number of rotatable bonds is 6. The van der Waals surface area contributed by atoms with Crippen molar-refractivity contribution in [3.8, 4) is 0 Å². The van der Waals surface area contributed by atoms with Crippen LogP contribution < -0.4 is 32.6 Å². The SMILES string of the molecule is O=NO.O=NO.c1ccc(P(c2ccccn2)c2ccccn2)nc1.c1ccc(P(c2ccccn2)c2ccccn2)nc1. The first-order chi connectivity index (χ1) is 21.7. The normalized spacial score (nSPS) is 9.68. The van der Waals surface area contributed by atoms with Crippen molar-refractivity contribution < 1.29 is 10.4 Å². The van der Waals surface area contributed by atoms with E-state index in [0.717, 1.165) is 32.6 Å². The minimum atomic E-state index is -0.779. The molecule has 6 heterocycles. The quantitative estimate of drug-likeness (QED) is 0.158. The molecular formula is C30H26N8O4P2. The van der Waals surface area contributed by atoms with Gasteiger partial charge < -0.3 is 10.4 Å². The van der Waals surface area contributed by atoms with E-state index in [9.17, 15) is 0 Å². The van der Waals surface area contributed by atoms with Gasteiger partial charge in [-0.2, -0.15) is 0 Å². The fourth-order valence-electron chi connectivity index (χ4n) is 3.62. The maximum atomic E-state index is 8.11. The van der Waals surface area contributed by atoms with Gasteiger partial charge in [-0.3, -0.25) is 29.9 Å². The van der Waals surface area contributed by atoms with E-state index in [1.54, 1.807) is 0 Å². The van der Waals surface area contributed by atoms with E-state index < -0.39 is 15.8 Å². The van der Waals surface area contributed by atoms with Gasteiger partial charge in [0, 0.05) is 53.0 Å². The van der Waals surface area contributed by atoms with Crippen molar-refractivity contribution in [1.29, 1.82) is 0 Å². The highest BCUT2D eigenvalue weighted by molar-refractivity contribution is 7.79. The Labute approximate surface area is 255 Å². The maximum absolute atomic E-state index is 8.11. The Kier molecular flexibility index (Phi) is 14.8. The molecule has 6 aromatic rings. The molecule has 0 aliphatic carbocycles. The Morgan fingerprint density at radius 2 is 0.523 bits per heavy atom. The molecule has 0 bridgehead atoms. The molecule has 44 heavy (non-hydrogen) atoms. The Morgan fingerprint density at radius 3 is 0.636 bits per heavy atom. The number of aromatic nitrogens is 6. The van der Waals surface area contributed by atoms with E-state index in [2.05, 4.69) is 29.9 Å². The minimum Gasteiger partial charge on any atom is -0.379 e. The Bertz CT molecular complexity index is 1300. The highest BCUT2D eigenvalue weighted by Crippen LogP contribution is 2.30. The molecule has 14 heteroatoms. The van der Waals surface area contributed by atoms with E-state index in [1.165, 1.54) is 10.7 Å². The van der Waals surface area contributed by atoms with Gasteiger partial charge in [-0.1, -0.05) is 36.4 Å². The average Bonchev–Trinajstić information content (AvgIpc) is 3.09. The molecule has 0 atom stereocenters. The van der Waals surface area contributed by atoms with Crippen LogP contribution in [-0.4, -0.2) is 40.3 Å². The molecule has 0 radical (unpaired) electrons. The standard InChI is InChI=1S/2C15H12N3P.2HNO2/c2*1-4-10-16-13(7-1)19(14-8-2-5-11-17-14)15-9-3-6-12-18-15;2*2-1-3/h2*1-12H;2*(H,2,3). The smallest absolute Gasteiger partial charge is 0.152 e. The molecule has 12 nitrogen and oxygen atoms in total. The second-order valence-electron chi connectivity index (χ2n) is 7.96. The summed E-state index contributed by atoms with van der Waals surface area (Å²) in [6.07, 6.45) is 10.9. The lowest BCUT2D eigenvalue weighted by molar-refractivity contribution is 0.312. The van der Waals surface area contributed by atoms with Crippen LogP contribution >= 0.6 is 15.8 Å². The van der Waals surface area contributed by atoms with E-state index in [1.807, 2.05) is 146 Å². The third-order valence-electron chi connectivity index (χ3n) is 5.27. The van der Waals surface area contributed by atoms with Crippen LogP contribution in [0.15, 0.2) is 157 Å². The van der Waals surface area contributed by atoms with Crippen LogP contribution in [0.2, 0.25) is 0 Å². The van der Waals surface area contributed by atoms with Crippen molar-refractivity contribution in [1.82, 2.24) is 29.9 Å². The van der Waals surface area contributed by atoms with Crippen molar-refractivity contribution in [3.05, 3.63) is 156 Å². The lowest BCUT2D eigenvalue weighted by Gasteiger charge is -2.15. The van der Waals surface area contributed by atoms with Crippen molar-refractivity contribution in [2.45, 2.75) is 0 Å². The van der Waals surface area contributed by atoms with Crippen molar-refractivity contribution in [3.63, 3.8) is 0 Å². The summed E-state index contributed by atoms with van der Waals surface area (Å²) >= 11 is 0. The first-order valence-corrected chi connectivity index (χ1v) is 15.4. The zero-order valence-corrected chi connectivity index (χ0v) is 24.8. The van der Waals surface area contributed by atoms with Gasteiger partial charge in [0.15, 0.2) is 10.7 Å². The fraction of sp³-hybridized carbons (Fsp3) is 0. The summed E-state index contributed by atoms with van der Waals surface area (Å²) < 4.78 is 0. The molecule has 0 aromatic carbocycles. The molecule has 0 saturated carbocycles. The van der Waals surface area contributed by atoms with Crippen LogP contribution in [0.25, 0.3) is 0 Å². The monoisotopic (exact) mass is 624 g/mol. The van der Waals surface area contributed by atoms with Crippen molar-refractivity contribution >= 4 is 48.5 Å². The van der Waals surface area contributed by atoms with Crippen LogP contribution in [0, 0.1) is 9.81 Å². The van der Waals surface area contributed by atoms with Gasteiger partial charge in [-0.05, 0) is 72.8 Å². The van der Waals surface area contributed by atoms with Gasteiger partial charge in [0.05, 0.1) is 32.6 Å². The maximum Gasteiger partial charge on any atom is 0.152 e. The molecule has 220 valence electrons. The second-order valence-corrected chi connectivity index (χ2v) is 12.1. The molecule has 0 fully saturated rings. The molecular weight excluding hydrogens is 598 g/mol. The van der Waals surface area contributed by atoms with Gasteiger partial charge in [0.2, 0.25) is 0 Å². The summed E-state index contributed by atoms with van der Waals surface area (Å²) in [7, 11) is -1.56. The first kappa shape index (κ1) is 33.1. The number of hydrogen-bond acceptors (Lipinski definition) is 10. The van der Waals surface area contributed by atoms with Crippen LogP contribution in [0.4, 0.5) is 0 Å². The molecule has 0 aliphatic rings. The lowest BCUT2D eigenvalue weighted by Crippen LogP contribution is -2.25. The Morgan fingerprint density at radius 1 is 0.364 bits per heavy atom. The summed E-state index contributed by atoms with van der Waals surface area (Å²) in [4.78, 5) is 43.1. The van der Waals surface area contributed by atoms with E-state index in [0.29, 0.717) is 0 Å². The molecule has 6 rings (SSSR count). The largest absolute Gasteiger partial charge is 0.379 e. The van der Waals surface area contributed by atoms with Gasteiger partial charge in [-0.15, -0.1) is 9.81 Å². The highest BCUT2D eigenvalue weighted by Gasteiger charge is 2.20. The number of hydrogen-bond donors (Lipinski definition) is 2. The van der Waals surface area contributed by atoms with Crippen LogP contribution in [0.5, 0.6) is 0 Å². The lowest BCUT2D eigenvalue weighted by atomic mass is 10.5. The predicted molar refractivity (Wildman–Crippen MR) is 172 cm³/mol. The summed E-state index contributed by atoms with van der Waals surface area (Å²) in [5.74, 6) is 0. The third-order valence-corrected chi connectivity index (χ3v) is 9.61. The Balaban J connectivity index is 0.000000204. The highest BCUT2D eigenvalue weighted by atomic mass is 31.1. The topological polar surface area (TPSA) is 177 Å².